The molecule has 1 fully saturated rings. The normalized spacial score (nSPS) is 13.6. The number of halogens is 3. The van der Waals surface area contributed by atoms with E-state index in [9.17, 15) is 22.8 Å². The first kappa shape index (κ1) is 31.5. The predicted molar refractivity (Wildman–Crippen MR) is 163 cm³/mol. The second-order valence-electron chi connectivity index (χ2n) is 10.4. The van der Waals surface area contributed by atoms with Crippen LogP contribution in [0, 0.1) is 0 Å². The number of benzene rings is 3. The molecule has 0 aliphatic carbocycles. The number of para-hydroxylation sites is 3. The minimum atomic E-state index is -4.63. The molecule has 1 saturated heterocycles. The molecular formula is C31H37F3N6O3. The average Bonchev–Trinajstić information content (AvgIpc) is 2.99. The zero-order chi connectivity index (χ0) is 31.0. The Hall–Kier alpha value is -4.45. The highest BCUT2D eigenvalue weighted by Crippen LogP contribution is 2.35. The number of hydrogen-bond donors (Lipinski definition) is 3. The molecule has 0 radical (unpaired) electrons. The topological polar surface area (TPSA) is 89.2 Å². The number of anilines is 4. The summed E-state index contributed by atoms with van der Waals surface area (Å²) in [6.45, 7) is 3.95. The number of piperazine rings is 1. The first-order chi connectivity index (χ1) is 20.6. The minimum absolute atomic E-state index is 0.275. The van der Waals surface area contributed by atoms with E-state index in [0.29, 0.717) is 44.0 Å². The maximum absolute atomic E-state index is 13.4. The maximum atomic E-state index is 13.4. The van der Waals surface area contributed by atoms with Gasteiger partial charge in [-0.2, -0.15) is 13.2 Å². The first-order valence-electron chi connectivity index (χ1n) is 14.0. The largest absolute Gasteiger partial charge is 0.495 e. The van der Waals surface area contributed by atoms with Gasteiger partial charge in [0.05, 0.1) is 29.6 Å². The van der Waals surface area contributed by atoms with Crippen LogP contribution in [-0.2, 0) is 6.18 Å². The van der Waals surface area contributed by atoms with E-state index < -0.39 is 17.8 Å². The number of rotatable bonds is 10. The van der Waals surface area contributed by atoms with Crippen LogP contribution in [0.1, 0.15) is 22.3 Å². The summed E-state index contributed by atoms with van der Waals surface area (Å²) < 4.78 is 45.7. The monoisotopic (exact) mass is 598 g/mol. The Morgan fingerprint density at radius 1 is 0.884 bits per heavy atom. The van der Waals surface area contributed by atoms with Gasteiger partial charge in [0.2, 0.25) is 0 Å². The van der Waals surface area contributed by atoms with Crippen molar-refractivity contribution in [1.82, 2.24) is 10.2 Å². The van der Waals surface area contributed by atoms with E-state index in [1.165, 1.54) is 18.2 Å². The molecule has 0 spiro atoms. The third kappa shape index (κ3) is 8.31. The molecule has 12 heteroatoms. The summed E-state index contributed by atoms with van der Waals surface area (Å²) in [5.41, 5.74) is 1.03. The number of carbonyl (C=O) groups excluding carboxylic acids is 2. The van der Waals surface area contributed by atoms with Crippen molar-refractivity contribution >= 4 is 34.7 Å². The second kappa shape index (κ2) is 14.1. The number of nitrogens with zero attached hydrogens (tertiary/aromatic N) is 3. The van der Waals surface area contributed by atoms with Crippen LogP contribution in [0.5, 0.6) is 5.75 Å². The van der Waals surface area contributed by atoms with Crippen LogP contribution in [0.3, 0.4) is 0 Å². The Morgan fingerprint density at radius 3 is 2.21 bits per heavy atom. The number of ether oxygens (including phenoxy) is 1. The Kier molecular flexibility index (Phi) is 10.4. The fourth-order valence-electron chi connectivity index (χ4n) is 4.97. The Bertz CT molecular complexity index is 1410. The van der Waals surface area contributed by atoms with Gasteiger partial charge in [-0.05, 0) is 69.5 Å². The van der Waals surface area contributed by atoms with Crippen molar-refractivity contribution in [2.24, 2.45) is 0 Å². The summed E-state index contributed by atoms with van der Waals surface area (Å²) in [5.74, 6) is 0.493. The third-order valence-electron chi connectivity index (χ3n) is 7.09. The molecular weight excluding hydrogens is 561 g/mol. The number of alkyl halides is 3. The van der Waals surface area contributed by atoms with Crippen LogP contribution in [0.15, 0.2) is 66.7 Å². The average molecular weight is 599 g/mol. The zero-order valence-corrected chi connectivity index (χ0v) is 24.5. The lowest BCUT2D eigenvalue weighted by Gasteiger charge is -2.38. The van der Waals surface area contributed by atoms with Gasteiger partial charge in [-0.1, -0.05) is 24.3 Å². The molecule has 0 bridgehead atoms. The second-order valence-corrected chi connectivity index (χ2v) is 10.4. The van der Waals surface area contributed by atoms with Crippen molar-refractivity contribution in [3.05, 3.63) is 77.9 Å². The summed E-state index contributed by atoms with van der Waals surface area (Å²) in [5, 5.41) is 7.80. The Balaban J connectivity index is 1.51. The molecule has 230 valence electrons. The molecule has 3 aromatic carbocycles. The summed E-state index contributed by atoms with van der Waals surface area (Å²) in [6.07, 6.45) is -3.87. The quantitative estimate of drug-likeness (QED) is 0.272. The minimum Gasteiger partial charge on any atom is -0.495 e. The molecule has 1 aliphatic rings. The van der Waals surface area contributed by atoms with E-state index in [4.69, 9.17) is 4.74 Å². The summed E-state index contributed by atoms with van der Waals surface area (Å²) in [6, 6.07) is 16.7. The number of urea groups is 1. The van der Waals surface area contributed by atoms with Crippen LogP contribution >= 0.6 is 0 Å². The number of nitrogens with one attached hydrogen (secondary N) is 3. The van der Waals surface area contributed by atoms with Gasteiger partial charge in [0.15, 0.2) is 0 Å². The summed E-state index contributed by atoms with van der Waals surface area (Å²) in [7, 11) is 5.55. The molecule has 1 heterocycles. The van der Waals surface area contributed by atoms with Gasteiger partial charge in [0.25, 0.3) is 5.91 Å². The lowest BCUT2D eigenvalue weighted by Crippen LogP contribution is -2.47. The van der Waals surface area contributed by atoms with Crippen LogP contribution in [0.4, 0.5) is 40.7 Å². The first-order valence-corrected chi connectivity index (χ1v) is 14.0. The van der Waals surface area contributed by atoms with E-state index >= 15 is 0 Å². The molecule has 0 saturated carbocycles. The maximum Gasteiger partial charge on any atom is 0.418 e. The summed E-state index contributed by atoms with van der Waals surface area (Å²) in [4.78, 5) is 32.5. The standard InChI is InChI=1S/C31H37F3N6O3/c1-38(2)16-8-15-35-29(41)23-21-22(36-30(42)37-25-10-5-4-9-24(25)31(32,33)34)13-14-26(23)39-17-19-40(20-18-39)27-11-6-7-12-28(27)43-3/h4-7,9-14,21H,8,15-20H2,1-3H3,(H,35,41)(H2,36,37,42). The van der Waals surface area contributed by atoms with Crippen molar-refractivity contribution in [2.45, 2.75) is 12.6 Å². The fraction of sp³-hybridized carbons (Fsp3) is 0.355. The number of carbonyl (C=O) groups is 2. The lowest BCUT2D eigenvalue weighted by atomic mass is 10.1. The Labute approximate surface area is 249 Å². The molecule has 3 amide bonds. The molecule has 43 heavy (non-hydrogen) atoms. The highest BCUT2D eigenvalue weighted by molar-refractivity contribution is 6.04. The summed E-state index contributed by atoms with van der Waals surface area (Å²) >= 11 is 0. The number of amides is 3. The van der Waals surface area contributed by atoms with Crippen molar-refractivity contribution < 1.29 is 27.5 Å². The molecule has 9 nitrogen and oxygen atoms in total. The van der Waals surface area contributed by atoms with E-state index in [2.05, 4.69) is 25.8 Å². The van der Waals surface area contributed by atoms with Crippen molar-refractivity contribution in [1.29, 1.82) is 0 Å². The van der Waals surface area contributed by atoms with E-state index in [1.54, 1.807) is 25.3 Å². The van der Waals surface area contributed by atoms with Gasteiger partial charge in [-0.3, -0.25) is 4.79 Å². The molecule has 0 aromatic heterocycles. The van der Waals surface area contributed by atoms with Gasteiger partial charge >= 0.3 is 12.2 Å². The van der Waals surface area contributed by atoms with Gasteiger partial charge < -0.3 is 35.4 Å². The van der Waals surface area contributed by atoms with Gasteiger partial charge in [0.1, 0.15) is 5.75 Å². The molecule has 1 aliphatic heterocycles. The molecule has 4 rings (SSSR count). The molecule has 0 unspecified atom stereocenters. The van der Waals surface area contributed by atoms with Crippen molar-refractivity contribution in [2.75, 3.05) is 80.9 Å². The number of hydrogen-bond acceptors (Lipinski definition) is 6. The van der Waals surface area contributed by atoms with Crippen LogP contribution in [-0.4, -0.2) is 77.3 Å². The van der Waals surface area contributed by atoms with Crippen molar-refractivity contribution in [3.63, 3.8) is 0 Å². The van der Waals surface area contributed by atoms with E-state index in [1.807, 2.05) is 43.3 Å². The van der Waals surface area contributed by atoms with Gasteiger partial charge in [0, 0.05) is 44.1 Å². The van der Waals surface area contributed by atoms with Crippen LogP contribution in [0.25, 0.3) is 0 Å². The predicted octanol–water partition coefficient (Wildman–Crippen LogP) is 5.37. The van der Waals surface area contributed by atoms with E-state index in [0.717, 1.165) is 30.5 Å². The third-order valence-corrected chi connectivity index (χ3v) is 7.09. The Morgan fingerprint density at radius 2 is 1.53 bits per heavy atom. The molecule has 3 aromatic rings. The fourth-order valence-corrected chi connectivity index (χ4v) is 4.97. The highest BCUT2D eigenvalue weighted by atomic mass is 19.4. The van der Waals surface area contributed by atoms with Crippen LogP contribution < -0.4 is 30.5 Å². The van der Waals surface area contributed by atoms with Gasteiger partial charge in [-0.25, -0.2) is 4.79 Å². The molecule has 0 atom stereocenters. The highest BCUT2D eigenvalue weighted by Gasteiger charge is 2.33. The zero-order valence-electron chi connectivity index (χ0n) is 24.5. The van der Waals surface area contributed by atoms with Crippen LogP contribution in [0.2, 0.25) is 0 Å². The SMILES string of the molecule is COc1ccccc1N1CCN(c2ccc(NC(=O)Nc3ccccc3C(F)(F)F)cc2C(=O)NCCCN(C)C)CC1. The van der Waals surface area contributed by atoms with E-state index in [-0.39, 0.29) is 17.3 Å². The smallest absolute Gasteiger partial charge is 0.418 e. The van der Waals surface area contributed by atoms with Gasteiger partial charge in [-0.15, -0.1) is 0 Å². The number of methoxy groups -OCH3 is 1. The molecule has 3 N–H and O–H groups in total. The lowest BCUT2D eigenvalue weighted by molar-refractivity contribution is -0.136. The van der Waals surface area contributed by atoms with Crippen molar-refractivity contribution in [3.8, 4) is 5.75 Å².